The Labute approximate surface area is 119 Å². The molecule has 0 spiro atoms. The molecular weight excluding hydrogens is 274 g/mol. The molecule has 20 heavy (non-hydrogen) atoms. The summed E-state index contributed by atoms with van der Waals surface area (Å²) < 4.78 is 24.3. The Balaban J connectivity index is 2.08. The SMILES string of the molecule is CS(=O)(=O)NC[C@@H](O)c1ccc(-c2ccccc2)cc1. The van der Waals surface area contributed by atoms with Crippen molar-refractivity contribution in [2.24, 2.45) is 0 Å². The molecule has 0 aliphatic rings. The van der Waals surface area contributed by atoms with Gasteiger partial charge in [-0.25, -0.2) is 13.1 Å². The first-order valence-corrected chi connectivity index (χ1v) is 8.13. The first-order chi connectivity index (χ1) is 9.46. The summed E-state index contributed by atoms with van der Waals surface area (Å²) >= 11 is 0. The van der Waals surface area contributed by atoms with E-state index >= 15 is 0 Å². The Morgan fingerprint density at radius 3 is 2.10 bits per heavy atom. The van der Waals surface area contributed by atoms with Crippen LogP contribution < -0.4 is 4.72 Å². The second-order valence-corrected chi connectivity index (χ2v) is 6.46. The van der Waals surface area contributed by atoms with Crippen molar-refractivity contribution in [1.82, 2.24) is 4.72 Å². The van der Waals surface area contributed by atoms with Gasteiger partial charge in [-0.2, -0.15) is 0 Å². The Bertz CT molecular complexity index is 651. The van der Waals surface area contributed by atoms with Crippen LogP contribution in [-0.2, 0) is 10.0 Å². The second-order valence-electron chi connectivity index (χ2n) is 4.62. The minimum absolute atomic E-state index is 0.0243. The van der Waals surface area contributed by atoms with E-state index in [-0.39, 0.29) is 6.54 Å². The number of hydrogen-bond acceptors (Lipinski definition) is 3. The van der Waals surface area contributed by atoms with Gasteiger partial charge in [0.05, 0.1) is 12.4 Å². The summed E-state index contributed by atoms with van der Waals surface area (Å²) in [7, 11) is -3.29. The van der Waals surface area contributed by atoms with Gasteiger partial charge in [-0.05, 0) is 16.7 Å². The largest absolute Gasteiger partial charge is 0.387 e. The van der Waals surface area contributed by atoms with Crippen molar-refractivity contribution < 1.29 is 13.5 Å². The van der Waals surface area contributed by atoms with E-state index in [1.54, 1.807) is 12.1 Å². The van der Waals surface area contributed by atoms with E-state index in [4.69, 9.17) is 0 Å². The van der Waals surface area contributed by atoms with Crippen molar-refractivity contribution in [2.45, 2.75) is 6.10 Å². The molecule has 0 aliphatic carbocycles. The summed E-state index contributed by atoms with van der Waals surface area (Å²) in [6.45, 7) is -0.0243. The van der Waals surface area contributed by atoms with Crippen LogP contribution in [0.1, 0.15) is 11.7 Å². The van der Waals surface area contributed by atoms with Crippen molar-refractivity contribution >= 4 is 10.0 Å². The molecule has 4 nitrogen and oxygen atoms in total. The predicted octanol–water partition coefficient (Wildman–Crippen LogP) is 1.94. The summed E-state index contributed by atoms with van der Waals surface area (Å²) in [5.41, 5.74) is 2.83. The summed E-state index contributed by atoms with van der Waals surface area (Å²) in [6.07, 6.45) is 0.215. The highest BCUT2D eigenvalue weighted by Crippen LogP contribution is 2.21. The summed E-state index contributed by atoms with van der Waals surface area (Å²) in [4.78, 5) is 0. The van der Waals surface area contributed by atoms with Gasteiger partial charge >= 0.3 is 0 Å². The Hall–Kier alpha value is -1.69. The van der Waals surface area contributed by atoms with Crippen molar-refractivity contribution in [3.63, 3.8) is 0 Å². The lowest BCUT2D eigenvalue weighted by Crippen LogP contribution is -2.27. The third-order valence-corrected chi connectivity index (χ3v) is 3.63. The fourth-order valence-corrected chi connectivity index (χ4v) is 2.34. The van der Waals surface area contributed by atoms with Crippen molar-refractivity contribution in [2.75, 3.05) is 12.8 Å². The third-order valence-electron chi connectivity index (χ3n) is 2.94. The molecule has 0 aliphatic heterocycles. The maximum Gasteiger partial charge on any atom is 0.208 e. The molecule has 0 saturated heterocycles. The van der Waals surface area contributed by atoms with Gasteiger partial charge in [-0.15, -0.1) is 0 Å². The molecule has 0 fully saturated rings. The molecule has 2 aromatic carbocycles. The number of benzene rings is 2. The Kier molecular flexibility index (Phi) is 4.54. The summed E-state index contributed by atoms with van der Waals surface area (Å²) in [6, 6.07) is 17.3. The van der Waals surface area contributed by atoms with E-state index in [0.29, 0.717) is 5.56 Å². The summed E-state index contributed by atoms with van der Waals surface area (Å²) in [5.74, 6) is 0. The monoisotopic (exact) mass is 291 g/mol. The van der Waals surface area contributed by atoms with Gasteiger partial charge in [0.1, 0.15) is 0 Å². The average molecular weight is 291 g/mol. The molecular formula is C15H17NO3S. The lowest BCUT2D eigenvalue weighted by molar-refractivity contribution is 0.182. The molecule has 2 aromatic rings. The lowest BCUT2D eigenvalue weighted by atomic mass is 10.0. The first-order valence-electron chi connectivity index (χ1n) is 6.24. The van der Waals surface area contributed by atoms with Crippen LogP contribution in [0.5, 0.6) is 0 Å². The highest BCUT2D eigenvalue weighted by atomic mass is 32.2. The zero-order valence-corrected chi connectivity index (χ0v) is 12.0. The molecule has 0 heterocycles. The smallest absolute Gasteiger partial charge is 0.208 e. The highest BCUT2D eigenvalue weighted by molar-refractivity contribution is 7.88. The van der Waals surface area contributed by atoms with E-state index in [1.165, 1.54) is 0 Å². The minimum atomic E-state index is -3.29. The van der Waals surface area contributed by atoms with Gasteiger partial charge in [-0.3, -0.25) is 0 Å². The van der Waals surface area contributed by atoms with Crippen LogP contribution in [0, 0.1) is 0 Å². The Morgan fingerprint density at radius 1 is 1.00 bits per heavy atom. The zero-order chi connectivity index (χ0) is 14.6. The minimum Gasteiger partial charge on any atom is -0.387 e. The molecule has 2 N–H and O–H groups in total. The van der Waals surface area contributed by atoms with Crippen LogP contribution in [-0.4, -0.2) is 26.3 Å². The van der Waals surface area contributed by atoms with Gasteiger partial charge in [0, 0.05) is 6.54 Å². The van der Waals surface area contributed by atoms with Gasteiger partial charge < -0.3 is 5.11 Å². The quantitative estimate of drug-likeness (QED) is 0.884. The number of aliphatic hydroxyl groups excluding tert-OH is 1. The molecule has 5 heteroatoms. The molecule has 0 aromatic heterocycles. The topological polar surface area (TPSA) is 66.4 Å². The van der Waals surface area contributed by atoms with E-state index < -0.39 is 16.1 Å². The third kappa shape index (κ3) is 4.16. The van der Waals surface area contributed by atoms with Crippen LogP contribution in [0.2, 0.25) is 0 Å². The maximum atomic E-state index is 11.0. The standard InChI is InChI=1S/C15H17NO3S/c1-20(18,19)16-11-15(17)14-9-7-13(8-10-14)12-5-3-2-4-6-12/h2-10,15-17H,11H2,1H3/t15-/m1/s1. The maximum absolute atomic E-state index is 11.0. The zero-order valence-electron chi connectivity index (χ0n) is 11.2. The van der Waals surface area contributed by atoms with Gasteiger partial charge in [0.2, 0.25) is 10.0 Å². The highest BCUT2D eigenvalue weighted by Gasteiger charge is 2.10. The molecule has 2 rings (SSSR count). The van der Waals surface area contributed by atoms with E-state index in [0.717, 1.165) is 17.4 Å². The van der Waals surface area contributed by atoms with E-state index in [2.05, 4.69) is 4.72 Å². The van der Waals surface area contributed by atoms with Crippen LogP contribution in [0.15, 0.2) is 54.6 Å². The van der Waals surface area contributed by atoms with Gasteiger partial charge in [0.15, 0.2) is 0 Å². The molecule has 106 valence electrons. The van der Waals surface area contributed by atoms with Crippen molar-refractivity contribution in [3.05, 3.63) is 60.2 Å². The van der Waals surface area contributed by atoms with Crippen LogP contribution >= 0.6 is 0 Å². The number of nitrogens with one attached hydrogen (secondary N) is 1. The fourth-order valence-electron chi connectivity index (χ4n) is 1.88. The van der Waals surface area contributed by atoms with Crippen molar-refractivity contribution in [1.29, 1.82) is 0 Å². The predicted molar refractivity (Wildman–Crippen MR) is 79.7 cm³/mol. The average Bonchev–Trinajstić information content (AvgIpc) is 2.45. The first kappa shape index (κ1) is 14.7. The number of aliphatic hydroxyl groups is 1. The Morgan fingerprint density at radius 2 is 1.55 bits per heavy atom. The molecule has 0 unspecified atom stereocenters. The number of sulfonamides is 1. The molecule has 0 saturated carbocycles. The van der Waals surface area contributed by atoms with Crippen molar-refractivity contribution in [3.8, 4) is 11.1 Å². The second kappa shape index (κ2) is 6.17. The summed E-state index contributed by atoms with van der Waals surface area (Å²) in [5, 5.41) is 9.92. The van der Waals surface area contributed by atoms with Gasteiger partial charge in [0.25, 0.3) is 0 Å². The lowest BCUT2D eigenvalue weighted by Gasteiger charge is -2.12. The number of hydrogen-bond donors (Lipinski definition) is 2. The molecule has 0 radical (unpaired) electrons. The molecule has 1 atom stereocenters. The molecule has 0 amide bonds. The normalized spacial score (nSPS) is 13.1. The number of rotatable bonds is 5. The van der Waals surface area contributed by atoms with E-state index in [1.807, 2.05) is 42.5 Å². The van der Waals surface area contributed by atoms with E-state index in [9.17, 15) is 13.5 Å². The fraction of sp³-hybridized carbons (Fsp3) is 0.200. The van der Waals surface area contributed by atoms with Crippen LogP contribution in [0.3, 0.4) is 0 Å². The molecule has 0 bridgehead atoms. The van der Waals surface area contributed by atoms with Gasteiger partial charge in [-0.1, -0.05) is 54.6 Å². The van der Waals surface area contributed by atoms with Crippen LogP contribution in [0.25, 0.3) is 11.1 Å². The van der Waals surface area contributed by atoms with Crippen LogP contribution in [0.4, 0.5) is 0 Å².